The van der Waals surface area contributed by atoms with Gasteiger partial charge in [-0.05, 0) is 43.6 Å². The highest BCUT2D eigenvalue weighted by Gasteiger charge is 2.26. The van der Waals surface area contributed by atoms with Gasteiger partial charge in [0.05, 0.1) is 18.7 Å². The zero-order valence-electron chi connectivity index (χ0n) is 18.6. The van der Waals surface area contributed by atoms with E-state index < -0.39 is 0 Å². The SMILES string of the molecule is COCCC[C@@H]1CCN(C(=O)Nc2nc3c([nH]2)=C(OC)CCCC=3c2cnn(C)c2)C1. The standard InChI is InChI=1S/C22H32N6O3/c1-27-14-16(12-23-27)17-7-4-8-18(31-3)20-19(17)24-21(25-20)26-22(29)28-10-9-15(13-28)6-5-11-30-2/h12,14-15H,4-11,13H2,1-3H3,(H2,24,25,26,29)/t15-/m1/s1. The van der Waals surface area contributed by atoms with Crippen molar-refractivity contribution in [2.24, 2.45) is 13.0 Å². The summed E-state index contributed by atoms with van der Waals surface area (Å²) in [5.74, 6) is 1.85. The molecule has 0 bridgehead atoms. The number of imidazole rings is 1. The van der Waals surface area contributed by atoms with E-state index in [1.54, 1.807) is 18.9 Å². The maximum Gasteiger partial charge on any atom is 0.324 e. The van der Waals surface area contributed by atoms with Gasteiger partial charge in [-0.25, -0.2) is 9.78 Å². The Morgan fingerprint density at radius 1 is 1.35 bits per heavy atom. The van der Waals surface area contributed by atoms with Crippen molar-refractivity contribution >= 4 is 23.3 Å². The van der Waals surface area contributed by atoms with Gasteiger partial charge in [0.2, 0.25) is 5.95 Å². The molecule has 2 aromatic rings. The van der Waals surface area contributed by atoms with Crippen molar-refractivity contribution in [2.75, 3.05) is 39.2 Å². The second-order valence-electron chi connectivity index (χ2n) is 8.34. The van der Waals surface area contributed by atoms with Gasteiger partial charge in [0.15, 0.2) is 0 Å². The summed E-state index contributed by atoms with van der Waals surface area (Å²) in [7, 11) is 5.31. The van der Waals surface area contributed by atoms with Crippen LogP contribution in [-0.2, 0) is 16.5 Å². The first-order valence-electron chi connectivity index (χ1n) is 11.0. The number of aromatic amines is 1. The molecule has 0 unspecified atom stereocenters. The summed E-state index contributed by atoms with van der Waals surface area (Å²) in [5, 5.41) is 8.95. The molecule has 1 atom stereocenters. The van der Waals surface area contributed by atoms with Crippen molar-refractivity contribution in [1.29, 1.82) is 0 Å². The zero-order valence-corrected chi connectivity index (χ0v) is 18.6. The third-order valence-corrected chi connectivity index (χ3v) is 6.16. The lowest BCUT2D eigenvalue weighted by Gasteiger charge is -2.16. The summed E-state index contributed by atoms with van der Waals surface area (Å²) in [6, 6.07) is -0.111. The van der Waals surface area contributed by atoms with E-state index in [9.17, 15) is 4.79 Å². The molecule has 1 aliphatic heterocycles. The second-order valence-corrected chi connectivity index (χ2v) is 8.34. The molecule has 0 radical (unpaired) electrons. The van der Waals surface area contributed by atoms with E-state index in [4.69, 9.17) is 14.5 Å². The van der Waals surface area contributed by atoms with E-state index in [0.717, 1.165) is 85.8 Å². The van der Waals surface area contributed by atoms with Gasteiger partial charge in [-0.15, -0.1) is 0 Å². The predicted octanol–water partition coefficient (Wildman–Crippen LogP) is 1.56. The molecule has 3 heterocycles. The van der Waals surface area contributed by atoms with E-state index in [0.29, 0.717) is 11.9 Å². The number of anilines is 1. The normalized spacial score (nSPS) is 18.8. The summed E-state index contributed by atoms with van der Waals surface area (Å²) in [6.07, 6.45) is 9.67. The van der Waals surface area contributed by atoms with Crippen LogP contribution in [0.1, 0.15) is 44.1 Å². The van der Waals surface area contributed by atoms with Crippen LogP contribution in [0.15, 0.2) is 12.4 Å². The van der Waals surface area contributed by atoms with Crippen LogP contribution in [0.5, 0.6) is 0 Å². The molecule has 2 N–H and O–H groups in total. The lowest BCUT2D eigenvalue weighted by molar-refractivity contribution is 0.186. The number of fused-ring (bicyclic) bond motifs is 1. The van der Waals surface area contributed by atoms with Crippen LogP contribution in [0.25, 0.3) is 11.3 Å². The second kappa shape index (κ2) is 9.55. The summed E-state index contributed by atoms with van der Waals surface area (Å²) >= 11 is 0. The largest absolute Gasteiger partial charge is 0.499 e. The molecule has 31 heavy (non-hydrogen) atoms. The van der Waals surface area contributed by atoms with Gasteiger partial charge in [-0.1, -0.05) is 0 Å². The fraction of sp³-hybridized carbons (Fsp3) is 0.591. The molecular formula is C22H32N6O3. The van der Waals surface area contributed by atoms with Crippen LogP contribution < -0.4 is 16.0 Å². The van der Waals surface area contributed by atoms with E-state index >= 15 is 0 Å². The number of amides is 2. The number of carbonyl (C=O) groups excluding carboxylic acids is 1. The number of carbonyl (C=O) groups is 1. The fourth-order valence-corrected chi connectivity index (χ4v) is 4.53. The number of rotatable bonds is 7. The van der Waals surface area contributed by atoms with E-state index in [-0.39, 0.29) is 6.03 Å². The average Bonchev–Trinajstić information content (AvgIpc) is 3.47. The number of likely N-dealkylation sites (tertiary alicyclic amines) is 1. The Morgan fingerprint density at radius 3 is 2.97 bits per heavy atom. The molecule has 9 heteroatoms. The topological polar surface area (TPSA) is 97.3 Å². The predicted molar refractivity (Wildman–Crippen MR) is 118 cm³/mol. The van der Waals surface area contributed by atoms with Crippen LogP contribution >= 0.6 is 0 Å². The molecule has 0 saturated carbocycles. The Balaban J connectivity index is 1.56. The quantitative estimate of drug-likeness (QED) is 0.653. The molecular weight excluding hydrogens is 396 g/mol. The molecule has 2 aromatic heterocycles. The number of aromatic nitrogens is 4. The molecule has 1 saturated heterocycles. The molecule has 168 valence electrons. The Kier molecular flexibility index (Phi) is 6.60. The van der Waals surface area contributed by atoms with Crippen LogP contribution in [0.2, 0.25) is 0 Å². The van der Waals surface area contributed by atoms with Crippen LogP contribution in [-0.4, -0.2) is 64.6 Å². The summed E-state index contributed by atoms with van der Waals surface area (Å²) in [6.45, 7) is 2.32. The maximum atomic E-state index is 12.8. The summed E-state index contributed by atoms with van der Waals surface area (Å²) < 4.78 is 12.6. The minimum Gasteiger partial charge on any atom is -0.499 e. The third kappa shape index (κ3) is 4.76. The minimum absolute atomic E-state index is 0.111. The van der Waals surface area contributed by atoms with E-state index in [1.165, 1.54) is 0 Å². The molecule has 0 aromatic carbocycles. The first-order chi connectivity index (χ1) is 15.1. The Hall–Kier alpha value is -2.81. The highest BCUT2D eigenvalue weighted by atomic mass is 16.5. The lowest BCUT2D eigenvalue weighted by Crippen LogP contribution is -2.33. The first kappa shape index (κ1) is 21.4. The zero-order chi connectivity index (χ0) is 21.8. The number of nitrogens with zero attached hydrogens (tertiary/aromatic N) is 4. The smallest absolute Gasteiger partial charge is 0.324 e. The first-order valence-corrected chi connectivity index (χ1v) is 11.0. The summed E-state index contributed by atoms with van der Waals surface area (Å²) in [5.41, 5.74) is 2.16. The molecule has 1 aliphatic carbocycles. The Bertz CT molecular complexity index is 1040. The van der Waals surface area contributed by atoms with Gasteiger partial charge in [-0.2, -0.15) is 5.10 Å². The number of aryl methyl sites for hydroxylation is 1. The molecule has 2 amide bonds. The number of urea groups is 1. The maximum absolute atomic E-state index is 12.8. The highest BCUT2D eigenvalue weighted by molar-refractivity contribution is 5.87. The van der Waals surface area contributed by atoms with Crippen LogP contribution in [0.4, 0.5) is 10.7 Å². The number of H-pyrrole nitrogens is 1. The molecule has 4 rings (SSSR count). The van der Waals surface area contributed by atoms with E-state index in [2.05, 4.69) is 15.4 Å². The average molecular weight is 429 g/mol. The van der Waals surface area contributed by atoms with Gasteiger partial charge in [0.25, 0.3) is 0 Å². The number of hydrogen-bond acceptors (Lipinski definition) is 5. The van der Waals surface area contributed by atoms with E-state index in [1.807, 2.05) is 24.3 Å². The number of ether oxygens (including phenoxy) is 2. The molecule has 2 aliphatic rings. The number of nitrogens with one attached hydrogen (secondary N) is 2. The van der Waals surface area contributed by atoms with Crippen molar-refractivity contribution in [2.45, 2.75) is 38.5 Å². The van der Waals surface area contributed by atoms with Gasteiger partial charge >= 0.3 is 6.03 Å². The summed E-state index contributed by atoms with van der Waals surface area (Å²) in [4.78, 5) is 22.8. The highest BCUT2D eigenvalue weighted by Crippen LogP contribution is 2.23. The number of methoxy groups -OCH3 is 2. The van der Waals surface area contributed by atoms with Crippen LogP contribution in [0.3, 0.4) is 0 Å². The van der Waals surface area contributed by atoms with Gasteiger partial charge < -0.3 is 19.4 Å². The minimum atomic E-state index is -0.111. The van der Waals surface area contributed by atoms with Crippen molar-refractivity contribution < 1.29 is 14.3 Å². The monoisotopic (exact) mass is 428 g/mol. The van der Waals surface area contributed by atoms with Gasteiger partial charge in [-0.3, -0.25) is 10.00 Å². The van der Waals surface area contributed by atoms with Crippen molar-refractivity contribution in [3.63, 3.8) is 0 Å². The third-order valence-electron chi connectivity index (χ3n) is 6.16. The Labute approximate surface area is 182 Å². The van der Waals surface area contributed by atoms with Gasteiger partial charge in [0, 0.05) is 52.0 Å². The van der Waals surface area contributed by atoms with Crippen molar-refractivity contribution in [3.05, 3.63) is 28.7 Å². The van der Waals surface area contributed by atoms with Crippen molar-refractivity contribution in [1.82, 2.24) is 24.6 Å². The number of hydrogen-bond donors (Lipinski definition) is 2. The lowest BCUT2D eigenvalue weighted by atomic mass is 10.0. The Morgan fingerprint density at radius 2 is 2.23 bits per heavy atom. The van der Waals surface area contributed by atoms with Crippen LogP contribution in [0, 0.1) is 5.92 Å². The van der Waals surface area contributed by atoms with Crippen molar-refractivity contribution in [3.8, 4) is 0 Å². The molecule has 9 nitrogen and oxygen atoms in total. The van der Waals surface area contributed by atoms with Gasteiger partial charge in [0.1, 0.15) is 11.1 Å². The molecule has 1 fully saturated rings. The molecule has 0 spiro atoms. The fourth-order valence-electron chi connectivity index (χ4n) is 4.53.